The topological polar surface area (TPSA) is 45.8 Å². The standard InChI is InChI=1S/C22H20ClNO3/c23-19-5-1-4-16(13-19)17-12-18-15-24(8-2-6-20-7-3-10-26-20)9-11-27-22(18)21(25)14-17/h1-7,10,12-14,25H,8-9,11,15H2/b6-2+. The average Bonchev–Trinajstić information content (AvgIpc) is 3.08. The number of phenols is 1. The summed E-state index contributed by atoms with van der Waals surface area (Å²) in [6.07, 6.45) is 5.70. The van der Waals surface area contributed by atoms with Gasteiger partial charge in [0, 0.05) is 30.2 Å². The molecule has 0 atom stereocenters. The second-order valence-electron chi connectivity index (χ2n) is 6.50. The molecule has 138 valence electrons. The van der Waals surface area contributed by atoms with Crippen molar-refractivity contribution in [3.8, 4) is 22.6 Å². The van der Waals surface area contributed by atoms with Crippen LogP contribution in [0.3, 0.4) is 0 Å². The van der Waals surface area contributed by atoms with Crippen LogP contribution in [0.1, 0.15) is 11.3 Å². The molecule has 5 heteroatoms. The number of benzene rings is 2. The van der Waals surface area contributed by atoms with Crippen molar-refractivity contribution in [1.82, 2.24) is 4.90 Å². The zero-order valence-corrected chi connectivity index (χ0v) is 15.5. The molecule has 1 aliphatic heterocycles. The van der Waals surface area contributed by atoms with Crippen LogP contribution in [-0.2, 0) is 6.54 Å². The summed E-state index contributed by atoms with van der Waals surface area (Å²) in [5.41, 5.74) is 2.85. The van der Waals surface area contributed by atoms with Gasteiger partial charge in [-0.2, -0.15) is 0 Å². The van der Waals surface area contributed by atoms with E-state index >= 15 is 0 Å². The second kappa shape index (κ2) is 7.91. The first-order valence-corrected chi connectivity index (χ1v) is 9.24. The molecule has 4 nitrogen and oxygen atoms in total. The van der Waals surface area contributed by atoms with Gasteiger partial charge in [-0.3, -0.25) is 4.90 Å². The largest absolute Gasteiger partial charge is 0.504 e. The molecule has 0 aliphatic carbocycles. The van der Waals surface area contributed by atoms with Gasteiger partial charge in [-0.15, -0.1) is 0 Å². The molecule has 0 amide bonds. The highest BCUT2D eigenvalue weighted by Crippen LogP contribution is 2.38. The van der Waals surface area contributed by atoms with Gasteiger partial charge in [0.05, 0.1) is 6.26 Å². The lowest BCUT2D eigenvalue weighted by molar-refractivity contribution is 0.239. The van der Waals surface area contributed by atoms with Crippen molar-refractivity contribution in [2.45, 2.75) is 6.54 Å². The minimum absolute atomic E-state index is 0.162. The molecule has 0 fully saturated rings. The molecule has 2 heterocycles. The molecule has 3 aromatic rings. The lowest BCUT2D eigenvalue weighted by atomic mass is 10.0. The molecule has 1 aliphatic rings. The minimum atomic E-state index is 0.162. The van der Waals surface area contributed by atoms with E-state index in [1.54, 1.807) is 12.3 Å². The van der Waals surface area contributed by atoms with Gasteiger partial charge in [0.15, 0.2) is 11.5 Å². The number of hydrogen-bond acceptors (Lipinski definition) is 4. The van der Waals surface area contributed by atoms with Gasteiger partial charge in [-0.25, -0.2) is 0 Å². The highest BCUT2D eigenvalue weighted by atomic mass is 35.5. The van der Waals surface area contributed by atoms with E-state index in [0.717, 1.165) is 35.5 Å². The fourth-order valence-corrected chi connectivity index (χ4v) is 3.44. The molecule has 0 bridgehead atoms. The fraction of sp³-hybridized carbons (Fsp3) is 0.182. The third-order valence-electron chi connectivity index (χ3n) is 4.54. The van der Waals surface area contributed by atoms with Gasteiger partial charge in [-0.05, 0) is 53.6 Å². The third kappa shape index (κ3) is 4.18. The van der Waals surface area contributed by atoms with Crippen molar-refractivity contribution in [2.24, 2.45) is 0 Å². The molecular weight excluding hydrogens is 362 g/mol. The Morgan fingerprint density at radius 3 is 2.85 bits per heavy atom. The van der Waals surface area contributed by atoms with Crippen LogP contribution in [0.5, 0.6) is 11.5 Å². The summed E-state index contributed by atoms with van der Waals surface area (Å²) in [5, 5.41) is 11.1. The van der Waals surface area contributed by atoms with Crippen LogP contribution < -0.4 is 4.74 Å². The molecule has 0 unspecified atom stereocenters. The Hall–Kier alpha value is -2.69. The number of fused-ring (bicyclic) bond motifs is 1. The van der Waals surface area contributed by atoms with Gasteiger partial charge in [-0.1, -0.05) is 29.8 Å². The normalized spacial score (nSPS) is 14.7. The molecule has 0 saturated heterocycles. The molecule has 0 spiro atoms. The predicted octanol–water partition coefficient (Wildman–Crippen LogP) is 5.21. The first-order valence-electron chi connectivity index (χ1n) is 8.86. The van der Waals surface area contributed by atoms with E-state index in [-0.39, 0.29) is 5.75 Å². The summed E-state index contributed by atoms with van der Waals surface area (Å²) in [5.74, 6) is 1.57. The van der Waals surface area contributed by atoms with Crippen LogP contribution >= 0.6 is 11.6 Å². The predicted molar refractivity (Wildman–Crippen MR) is 107 cm³/mol. The van der Waals surface area contributed by atoms with E-state index in [9.17, 15) is 5.11 Å². The molecule has 1 N–H and O–H groups in total. The van der Waals surface area contributed by atoms with Crippen molar-refractivity contribution >= 4 is 17.7 Å². The SMILES string of the molecule is Oc1cc(-c2cccc(Cl)c2)cc2c1OCCN(C/C=C/c1ccco1)C2. The van der Waals surface area contributed by atoms with Gasteiger partial charge in [0.1, 0.15) is 12.4 Å². The zero-order valence-electron chi connectivity index (χ0n) is 14.8. The van der Waals surface area contributed by atoms with Crippen LogP contribution in [0.2, 0.25) is 5.02 Å². The molecular formula is C22H20ClNO3. The van der Waals surface area contributed by atoms with Crippen molar-refractivity contribution in [1.29, 1.82) is 0 Å². The number of halogens is 1. The Balaban J connectivity index is 1.57. The van der Waals surface area contributed by atoms with Crippen molar-refractivity contribution < 1.29 is 14.3 Å². The van der Waals surface area contributed by atoms with Gasteiger partial charge >= 0.3 is 0 Å². The number of nitrogens with zero attached hydrogens (tertiary/aromatic N) is 1. The van der Waals surface area contributed by atoms with E-state index in [2.05, 4.69) is 17.0 Å². The fourth-order valence-electron chi connectivity index (χ4n) is 3.25. The minimum Gasteiger partial charge on any atom is -0.504 e. The van der Waals surface area contributed by atoms with E-state index in [1.165, 1.54) is 0 Å². The van der Waals surface area contributed by atoms with Crippen LogP contribution in [0.4, 0.5) is 0 Å². The summed E-state index contributed by atoms with van der Waals surface area (Å²) in [6, 6.07) is 15.2. The first kappa shape index (κ1) is 17.7. The van der Waals surface area contributed by atoms with Crippen LogP contribution in [-0.4, -0.2) is 29.7 Å². The quantitative estimate of drug-likeness (QED) is 0.673. The number of rotatable bonds is 4. The first-order chi connectivity index (χ1) is 13.2. The Morgan fingerprint density at radius 1 is 1.11 bits per heavy atom. The number of ether oxygens (including phenoxy) is 1. The van der Waals surface area contributed by atoms with Crippen LogP contribution in [0.25, 0.3) is 17.2 Å². The molecule has 2 aromatic carbocycles. The second-order valence-corrected chi connectivity index (χ2v) is 6.93. The van der Waals surface area contributed by atoms with Crippen molar-refractivity contribution in [2.75, 3.05) is 19.7 Å². The van der Waals surface area contributed by atoms with E-state index in [4.69, 9.17) is 20.8 Å². The number of phenolic OH excluding ortho intramolecular Hbond substituents is 1. The number of hydrogen-bond donors (Lipinski definition) is 1. The Bertz CT molecular complexity index is 950. The van der Waals surface area contributed by atoms with E-state index in [0.29, 0.717) is 23.9 Å². The number of furan rings is 1. The Labute approximate surface area is 163 Å². The maximum atomic E-state index is 10.5. The van der Waals surface area contributed by atoms with Crippen LogP contribution in [0.15, 0.2) is 65.3 Å². The highest BCUT2D eigenvalue weighted by molar-refractivity contribution is 6.30. The lowest BCUT2D eigenvalue weighted by Gasteiger charge is -2.17. The summed E-state index contributed by atoms with van der Waals surface area (Å²) >= 11 is 6.12. The van der Waals surface area contributed by atoms with Crippen LogP contribution in [0, 0.1) is 0 Å². The Kier molecular flexibility index (Phi) is 5.19. The van der Waals surface area contributed by atoms with E-state index < -0.39 is 0 Å². The summed E-state index contributed by atoms with van der Waals surface area (Å²) < 4.78 is 11.1. The van der Waals surface area contributed by atoms with E-state index in [1.807, 2.05) is 42.5 Å². The molecule has 0 saturated carbocycles. The summed E-state index contributed by atoms with van der Waals surface area (Å²) in [6.45, 7) is 2.78. The molecule has 27 heavy (non-hydrogen) atoms. The average molecular weight is 382 g/mol. The van der Waals surface area contributed by atoms with Gasteiger partial charge in [0.2, 0.25) is 0 Å². The zero-order chi connectivity index (χ0) is 18.6. The molecule has 1 aromatic heterocycles. The highest BCUT2D eigenvalue weighted by Gasteiger charge is 2.19. The third-order valence-corrected chi connectivity index (χ3v) is 4.78. The maximum absolute atomic E-state index is 10.5. The maximum Gasteiger partial charge on any atom is 0.165 e. The van der Waals surface area contributed by atoms with Crippen molar-refractivity contribution in [3.63, 3.8) is 0 Å². The molecule has 4 rings (SSSR count). The summed E-state index contributed by atoms with van der Waals surface area (Å²) in [4.78, 5) is 2.27. The molecule has 0 radical (unpaired) electrons. The number of aromatic hydroxyl groups is 1. The smallest absolute Gasteiger partial charge is 0.165 e. The van der Waals surface area contributed by atoms with Gasteiger partial charge in [0.25, 0.3) is 0 Å². The Morgan fingerprint density at radius 2 is 2.04 bits per heavy atom. The van der Waals surface area contributed by atoms with Gasteiger partial charge < -0.3 is 14.3 Å². The lowest BCUT2D eigenvalue weighted by Crippen LogP contribution is -2.25. The monoisotopic (exact) mass is 381 g/mol. The van der Waals surface area contributed by atoms with Crippen molar-refractivity contribution in [3.05, 3.63) is 77.2 Å². The summed E-state index contributed by atoms with van der Waals surface area (Å²) in [7, 11) is 0.